The zero-order chi connectivity index (χ0) is 13.4. The Hall–Kier alpha value is 0.0300. The van der Waals surface area contributed by atoms with Crippen LogP contribution in [-0.4, -0.2) is 33.8 Å². The molecule has 0 amide bonds. The predicted octanol–water partition coefficient (Wildman–Crippen LogP) is 4.33. The molecular weight excluding hydrogens is 343 g/mol. The van der Waals surface area contributed by atoms with Crippen molar-refractivity contribution in [1.82, 2.24) is 4.31 Å². The van der Waals surface area contributed by atoms with Gasteiger partial charge < -0.3 is 4.31 Å². The first-order valence-electron chi connectivity index (χ1n) is 5.86. The van der Waals surface area contributed by atoms with Gasteiger partial charge in [-0.15, -0.1) is 0 Å². The smallest absolute Gasteiger partial charge is 0.0958 e. The molecule has 0 bridgehead atoms. The highest BCUT2D eigenvalue weighted by Gasteiger charge is 2.37. The highest BCUT2D eigenvalue weighted by Crippen LogP contribution is 2.60. The Morgan fingerprint density at radius 2 is 1.76 bits per heavy atom. The van der Waals surface area contributed by atoms with Gasteiger partial charge in [0, 0.05) is 13.2 Å². The average molecular weight is 366 g/mol. The van der Waals surface area contributed by atoms with E-state index in [1.54, 1.807) is 0 Å². The lowest BCUT2D eigenvalue weighted by Gasteiger charge is -2.51. The molecule has 0 saturated heterocycles. The molecule has 98 valence electrons. The molecule has 0 atom stereocenters. The number of rotatable bonds is 3. The second kappa shape index (κ2) is 5.34. The van der Waals surface area contributed by atoms with Gasteiger partial charge in [0.25, 0.3) is 0 Å². The van der Waals surface area contributed by atoms with Crippen LogP contribution < -0.4 is 0 Å². The van der Waals surface area contributed by atoms with Gasteiger partial charge in [0.15, 0.2) is 0 Å². The van der Waals surface area contributed by atoms with Crippen molar-refractivity contribution < 1.29 is 0 Å². The summed E-state index contributed by atoms with van der Waals surface area (Å²) in [6.07, 6.45) is 4.62. The van der Waals surface area contributed by atoms with Gasteiger partial charge in [0.1, 0.15) is 0 Å². The van der Waals surface area contributed by atoms with Crippen LogP contribution >= 0.6 is 32.8 Å². The third-order valence-electron chi connectivity index (χ3n) is 3.55. The molecule has 2 nitrogen and oxygen atoms in total. The Kier molecular flexibility index (Phi) is 4.74. The quantitative estimate of drug-likeness (QED) is 0.679. The molecule has 0 aliphatic carbocycles. The van der Waals surface area contributed by atoms with Crippen molar-refractivity contribution in [2.45, 2.75) is 38.2 Å². The van der Waals surface area contributed by atoms with E-state index in [-0.39, 0.29) is 0 Å². The SMILES string of the molecule is C=C1C(=NC)C(I)=CN1S(C)(C(C)C)C(C)C. The Labute approximate surface area is 121 Å². The molecule has 1 heterocycles. The van der Waals surface area contributed by atoms with E-state index < -0.39 is 10.2 Å². The Balaban J connectivity index is 3.22. The molecule has 1 aliphatic heterocycles. The number of aliphatic imine (C=N–C) groups is 1. The lowest BCUT2D eigenvalue weighted by molar-refractivity contribution is 0.770. The summed E-state index contributed by atoms with van der Waals surface area (Å²) in [5, 5.41) is 1.27. The first-order chi connectivity index (χ1) is 7.76. The molecule has 0 saturated carbocycles. The van der Waals surface area contributed by atoms with Crippen LogP contribution in [0.1, 0.15) is 27.7 Å². The van der Waals surface area contributed by atoms with Crippen LogP contribution in [0.5, 0.6) is 0 Å². The number of hydrogen-bond donors (Lipinski definition) is 0. The maximum absolute atomic E-state index is 4.34. The molecule has 0 radical (unpaired) electrons. The van der Waals surface area contributed by atoms with E-state index in [1.165, 1.54) is 3.58 Å². The van der Waals surface area contributed by atoms with Crippen molar-refractivity contribution in [2.24, 2.45) is 4.99 Å². The summed E-state index contributed by atoms with van der Waals surface area (Å²) in [5.41, 5.74) is 2.11. The minimum atomic E-state index is -0.904. The minimum absolute atomic E-state index is 0.635. The first-order valence-corrected chi connectivity index (χ1v) is 9.06. The Bertz CT molecular complexity index is 375. The highest BCUT2D eigenvalue weighted by molar-refractivity contribution is 14.1. The third kappa shape index (κ3) is 2.43. The maximum Gasteiger partial charge on any atom is 0.0958 e. The fourth-order valence-electron chi connectivity index (χ4n) is 2.07. The van der Waals surface area contributed by atoms with Gasteiger partial charge in [0.2, 0.25) is 0 Å². The molecule has 0 fully saturated rings. The standard InChI is InChI=1S/C13H23IN2S/c1-9(2)17(7,10(3)4)16-8-12(14)13(15-6)11(16)5/h8-10H,5H2,1-4,6-7H3. The van der Waals surface area contributed by atoms with Crippen molar-refractivity contribution >= 4 is 38.5 Å². The molecule has 0 N–H and O–H groups in total. The Morgan fingerprint density at radius 3 is 2.06 bits per heavy atom. The molecule has 0 spiro atoms. The summed E-state index contributed by atoms with van der Waals surface area (Å²) in [6.45, 7) is 13.5. The predicted molar refractivity (Wildman–Crippen MR) is 90.2 cm³/mol. The lowest BCUT2D eigenvalue weighted by atomic mass is 10.3. The van der Waals surface area contributed by atoms with Gasteiger partial charge >= 0.3 is 0 Å². The number of nitrogens with zero attached hydrogens (tertiary/aromatic N) is 2. The van der Waals surface area contributed by atoms with Crippen LogP contribution in [-0.2, 0) is 0 Å². The summed E-state index contributed by atoms with van der Waals surface area (Å²) < 4.78 is 3.60. The largest absolute Gasteiger partial charge is 0.307 e. The van der Waals surface area contributed by atoms with Crippen LogP contribution in [0.25, 0.3) is 0 Å². The number of hydrogen-bond acceptors (Lipinski definition) is 2. The average Bonchev–Trinajstić information content (AvgIpc) is 2.52. The lowest BCUT2D eigenvalue weighted by Crippen LogP contribution is -2.32. The fourth-order valence-corrected chi connectivity index (χ4v) is 5.98. The summed E-state index contributed by atoms with van der Waals surface area (Å²) in [7, 11) is 0.937. The number of halogens is 1. The van der Waals surface area contributed by atoms with Crippen molar-refractivity contribution in [3.8, 4) is 0 Å². The van der Waals surface area contributed by atoms with Gasteiger partial charge in [-0.3, -0.25) is 4.99 Å². The zero-order valence-electron chi connectivity index (χ0n) is 11.6. The zero-order valence-corrected chi connectivity index (χ0v) is 14.6. The molecule has 17 heavy (non-hydrogen) atoms. The van der Waals surface area contributed by atoms with E-state index in [2.05, 4.69) is 78.6 Å². The van der Waals surface area contributed by atoms with Crippen molar-refractivity contribution in [1.29, 1.82) is 0 Å². The molecule has 0 aromatic rings. The summed E-state index contributed by atoms with van der Waals surface area (Å²) in [6, 6.07) is 0. The maximum atomic E-state index is 4.34. The second-order valence-corrected chi connectivity index (χ2v) is 10.4. The fraction of sp³-hybridized carbons (Fsp3) is 0.615. The topological polar surface area (TPSA) is 15.6 Å². The van der Waals surface area contributed by atoms with Gasteiger partial charge in [-0.25, -0.2) is 0 Å². The first kappa shape index (κ1) is 15.1. The van der Waals surface area contributed by atoms with E-state index in [0.29, 0.717) is 10.5 Å². The van der Waals surface area contributed by atoms with E-state index >= 15 is 0 Å². The van der Waals surface area contributed by atoms with E-state index in [1.807, 2.05) is 7.05 Å². The van der Waals surface area contributed by atoms with E-state index in [4.69, 9.17) is 0 Å². The van der Waals surface area contributed by atoms with Crippen molar-refractivity contribution in [2.75, 3.05) is 13.3 Å². The van der Waals surface area contributed by atoms with Crippen molar-refractivity contribution in [3.63, 3.8) is 0 Å². The monoisotopic (exact) mass is 366 g/mol. The van der Waals surface area contributed by atoms with Crippen molar-refractivity contribution in [3.05, 3.63) is 22.1 Å². The minimum Gasteiger partial charge on any atom is -0.307 e. The van der Waals surface area contributed by atoms with Crippen LogP contribution in [0.3, 0.4) is 0 Å². The summed E-state index contributed by atoms with van der Waals surface area (Å²) in [4.78, 5) is 4.34. The normalized spacial score (nSPS) is 20.8. The van der Waals surface area contributed by atoms with Crippen LogP contribution in [0.2, 0.25) is 0 Å². The highest BCUT2D eigenvalue weighted by atomic mass is 127. The van der Waals surface area contributed by atoms with Crippen LogP contribution in [0.15, 0.2) is 27.0 Å². The number of allylic oxidation sites excluding steroid dienone is 1. The molecule has 4 heteroatoms. The van der Waals surface area contributed by atoms with Crippen LogP contribution in [0.4, 0.5) is 0 Å². The van der Waals surface area contributed by atoms with Gasteiger partial charge in [-0.05, 0) is 39.3 Å². The summed E-state index contributed by atoms with van der Waals surface area (Å²) in [5.74, 6) is 0. The molecule has 0 unspecified atom stereocenters. The van der Waals surface area contributed by atoms with Gasteiger partial charge in [0.05, 0.1) is 15.0 Å². The molecular formula is C13H23IN2S. The molecule has 1 aliphatic rings. The molecule has 0 aromatic carbocycles. The second-order valence-electron chi connectivity index (χ2n) is 4.92. The van der Waals surface area contributed by atoms with Gasteiger partial charge in [-0.1, -0.05) is 34.3 Å². The van der Waals surface area contributed by atoms with E-state index in [9.17, 15) is 0 Å². The van der Waals surface area contributed by atoms with Crippen LogP contribution in [0, 0.1) is 0 Å². The van der Waals surface area contributed by atoms with Gasteiger partial charge in [-0.2, -0.15) is 10.2 Å². The summed E-state index contributed by atoms with van der Waals surface area (Å²) >= 11 is 2.35. The third-order valence-corrected chi connectivity index (χ3v) is 9.33. The molecule has 0 aromatic heterocycles. The molecule has 1 rings (SSSR count). The van der Waals surface area contributed by atoms with E-state index in [0.717, 1.165) is 11.4 Å². The Morgan fingerprint density at radius 1 is 1.29 bits per heavy atom.